The Kier molecular flexibility index (Phi) is 4.78. The van der Waals surface area contributed by atoms with Gasteiger partial charge in [0.25, 0.3) is 0 Å². The van der Waals surface area contributed by atoms with E-state index in [2.05, 4.69) is 0 Å². The molecule has 0 spiro atoms. The molecule has 0 bridgehead atoms. The highest BCUT2D eigenvalue weighted by Gasteiger charge is 2.13. The van der Waals surface area contributed by atoms with Crippen molar-refractivity contribution < 1.29 is 15.3 Å². The van der Waals surface area contributed by atoms with Gasteiger partial charge in [-0.2, -0.15) is 0 Å². The first-order valence-corrected chi connectivity index (χ1v) is 5.85. The van der Waals surface area contributed by atoms with Gasteiger partial charge in [0, 0.05) is 29.9 Å². The summed E-state index contributed by atoms with van der Waals surface area (Å²) < 4.78 is 0. The third-order valence-corrected chi connectivity index (χ3v) is 2.76. The van der Waals surface area contributed by atoms with E-state index in [0.717, 1.165) is 5.69 Å². The van der Waals surface area contributed by atoms with Gasteiger partial charge >= 0.3 is 0 Å². The molecule has 96 valence electrons. The van der Waals surface area contributed by atoms with Gasteiger partial charge < -0.3 is 20.2 Å². The smallest absolute Gasteiger partial charge is 0.123 e. The first kappa shape index (κ1) is 13.8. The summed E-state index contributed by atoms with van der Waals surface area (Å²) in [6.45, 7) is 6.25. The van der Waals surface area contributed by atoms with Crippen LogP contribution in [-0.4, -0.2) is 34.5 Å². The largest absolute Gasteiger partial charge is 0.507 e. The van der Waals surface area contributed by atoms with Crippen LogP contribution in [0.25, 0.3) is 0 Å². The molecular weight excluding hydrogens is 218 g/mol. The SMILES string of the molecule is CC(O)c1ccc(N(CCO)C(C)C)cc1O. The van der Waals surface area contributed by atoms with E-state index in [1.54, 1.807) is 19.1 Å². The van der Waals surface area contributed by atoms with Crippen molar-refractivity contribution in [2.45, 2.75) is 32.9 Å². The van der Waals surface area contributed by atoms with Crippen LogP contribution in [0.3, 0.4) is 0 Å². The van der Waals surface area contributed by atoms with E-state index in [9.17, 15) is 10.2 Å². The standard InChI is InChI=1S/C13H21NO3/c1-9(2)14(6-7-15)11-4-5-12(10(3)16)13(17)8-11/h4-5,8-10,15-17H,6-7H2,1-3H3. The second-order valence-electron chi connectivity index (χ2n) is 4.43. The van der Waals surface area contributed by atoms with Crippen LogP contribution in [0.1, 0.15) is 32.4 Å². The zero-order chi connectivity index (χ0) is 13.0. The van der Waals surface area contributed by atoms with Gasteiger partial charge in [-0.25, -0.2) is 0 Å². The first-order valence-electron chi connectivity index (χ1n) is 5.85. The van der Waals surface area contributed by atoms with Crippen molar-refractivity contribution in [1.29, 1.82) is 0 Å². The van der Waals surface area contributed by atoms with Crippen LogP contribution in [0.15, 0.2) is 18.2 Å². The molecule has 1 aromatic rings. The molecule has 3 N–H and O–H groups in total. The van der Waals surface area contributed by atoms with Crippen molar-refractivity contribution >= 4 is 5.69 Å². The molecule has 0 fully saturated rings. The summed E-state index contributed by atoms with van der Waals surface area (Å²) in [5, 5.41) is 28.3. The summed E-state index contributed by atoms with van der Waals surface area (Å²) in [4.78, 5) is 1.99. The molecule has 0 radical (unpaired) electrons. The van der Waals surface area contributed by atoms with Crippen LogP contribution < -0.4 is 4.90 Å². The number of rotatable bonds is 5. The van der Waals surface area contributed by atoms with E-state index < -0.39 is 6.10 Å². The molecule has 4 heteroatoms. The molecule has 17 heavy (non-hydrogen) atoms. The Bertz CT molecular complexity index is 364. The second-order valence-corrected chi connectivity index (χ2v) is 4.43. The van der Waals surface area contributed by atoms with Crippen LogP contribution in [0.2, 0.25) is 0 Å². The predicted molar refractivity (Wildman–Crippen MR) is 68.3 cm³/mol. The number of aliphatic hydroxyl groups is 2. The average molecular weight is 239 g/mol. The van der Waals surface area contributed by atoms with Crippen LogP contribution in [-0.2, 0) is 0 Å². The summed E-state index contributed by atoms with van der Waals surface area (Å²) in [6, 6.07) is 5.41. The highest BCUT2D eigenvalue weighted by Crippen LogP contribution is 2.29. The Morgan fingerprint density at radius 3 is 2.29 bits per heavy atom. The zero-order valence-corrected chi connectivity index (χ0v) is 10.6. The fourth-order valence-corrected chi connectivity index (χ4v) is 1.86. The van der Waals surface area contributed by atoms with Crippen molar-refractivity contribution in [2.24, 2.45) is 0 Å². The molecule has 0 aliphatic heterocycles. The number of phenolic OH excluding ortho intramolecular Hbond substituents is 1. The third-order valence-electron chi connectivity index (χ3n) is 2.76. The summed E-state index contributed by atoms with van der Waals surface area (Å²) in [5.41, 5.74) is 1.36. The lowest BCUT2D eigenvalue weighted by Gasteiger charge is -2.28. The van der Waals surface area contributed by atoms with Crippen LogP contribution in [0.4, 0.5) is 5.69 Å². The molecule has 0 aliphatic rings. The number of benzene rings is 1. The molecule has 1 unspecified atom stereocenters. The maximum atomic E-state index is 9.81. The summed E-state index contributed by atoms with van der Waals surface area (Å²) in [6.07, 6.45) is -0.686. The van der Waals surface area contributed by atoms with Crippen LogP contribution >= 0.6 is 0 Å². The minimum atomic E-state index is -0.686. The van der Waals surface area contributed by atoms with Crippen molar-refractivity contribution in [3.8, 4) is 5.75 Å². The fourth-order valence-electron chi connectivity index (χ4n) is 1.86. The maximum Gasteiger partial charge on any atom is 0.123 e. The molecule has 0 heterocycles. The van der Waals surface area contributed by atoms with Gasteiger partial charge in [-0.15, -0.1) is 0 Å². The highest BCUT2D eigenvalue weighted by atomic mass is 16.3. The molecule has 0 amide bonds. The first-order chi connectivity index (χ1) is 7.97. The van der Waals surface area contributed by atoms with Gasteiger partial charge in [0.1, 0.15) is 5.75 Å². The van der Waals surface area contributed by atoms with E-state index in [1.807, 2.05) is 24.8 Å². The molecule has 0 aromatic heterocycles. The summed E-state index contributed by atoms with van der Waals surface area (Å²) in [7, 11) is 0. The topological polar surface area (TPSA) is 63.9 Å². The van der Waals surface area contributed by atoms with E-state index in [1.165, 1.54) is 0 Å². The number of phenols is 1. The monoisotopic (exact) mass is 239 g/mol. The molecule has 1 rings (SSSR count). The molecule has 0 aliphatic carbocycles. The Morgan fingerprint density at radius 1 is 1.24 bits per heavy atom. The van der Waals surface area contributed by atoms with Gasteiger partial charge in [-0.1, -0.05) is 6.07 Å². The number of anilines is 1. The third kappa shape index (κ3) is 3.35. The minimum absolute atomic E-state index is 0.0666. The second kappa shape index (κ2) is 5.89. The molecule has 0 saturated heterocycles. The number of aliphatic hydroxyl groups excluding tert-OH is 2. The molecule has 1 atom stereocenters. The lowest BCUT2D eigenvalue weighted by atomic mass is 10.1. The minimum Gasteiger partial charge on any atom is -0.507 e. The van der Waals surface area contributed by atoms with Gasteiger partial charge in [0.2, 0.25) is 0 Å². The zero-order valence-electron chi connectivity index (χ0n) is 10.6. The number of hydrogen-bond acceptors (Lipinski definition) is 4. The van der Waals surface area contributed by atoms with E-state index in [0.29, 0.717) is 12.1 Å². The summed E-state index contributed by atoms with van der Waals surface area (Å²) in [5.74, 6) is 0.0843. The Hall–Kier alpha value is -1.26. The van der Waals surface area contributed by atoms with Crippen molar-refractivity contribution in [3.05, 3.63) is 23.8 Å². The number of hydrogen-bond donors (Lipinski definition) is 3. The van der Waals surface area contributed by atoms with Gasteiger partial charge in [0.15, 0.2) is 0 Å². The van der Waals surface area contributed by atoms with E-state index >= 15 is 0 Å². The lowest BCUT2D eigenvalue weighted by molar-refractivity contribution is 0.195. The normalized spacial score (nSPS) is 12.8. The quantitative estimate of drug-likeness (QED) is 0.731. The Balaban J connectivity index is 3.02. The average Bonchev–Trinajstić information content (AvgIpc) is 2.24. The molecular formula is C13H21NO3. The summed E-state index contributed by atoms with van der Waals surface area (Å²) >= 11 is 0. The Morgan fingerprint density at radius 2 is 1.88 bits per heavy atom. The van der Waals surface area contributed by atoms with E-state index in [4.69, 9.17) is 5.11 Å². The van der Waals surface area contributed by atoms with Crippen LogP contribution in [0.5, 0.6) is 5.75 Å². The van der Waals surface area contributed by atoms with Gasteiger partial charge in [0.05, 0.1) is 12.7 Å². The fraction of sp³-hybridized carbons (Fsp3) is 0.538. The van der Waals surface area contributed by atoms with Gasteiger partial charge in [-0.05, 0) is 26.8 Å². The van der Waals surface area contributed by atoms with Crippen LogP contribution in [0, 0.1) is 0 Å². The highest BCUT2D eigenvalue weighted by molar-refractivity contribution is 5.54. The lowest BCUT2D eigenvalue weighted by Crippen LogP contribution is -2.33. The predicted octanol–water partition coefficient (Wildman–Crippen LogP) is 1.65. The van der Waals surface area contributed by atoms with Crippen molar-refractivity contribution in [1.82, 2.24) is 0 Å². The molecule has 4 nitrogen and oxygen atoms in total. The molecule has 0 saturated carbocycles. The number of nitrogens with zero attached hydrogens (tertiary/aromatic N) is 1. The number of aromatic hydroxyl groups is 1. The Labute approximate surface area is 102 Å². The maximum absolute atomic E-state index is 9.81. The van der Waals surface area contributed by atoms with Crippen molar-refractivity contribution in [2.75, 3.05) is 18.1 Å². The molecule has 1 aromatic carbocycles. The van der Waals surface area contributed by atoms with Crippen molar-refractivity contribution in [3.63, 3.8) is 0 Å². The van der Waals surface area contributed by atoms with E-state index in [-0.39, 0.29) is 18.4 Å². The van der Waals surface area contributed by atoms with Gasteiger partial charge in [-0.3, -0.25) is 0 Å².